The number of pyridine rings is 1. The van der Waals surface area contributed by atoms with Crippen LogP contribution in [-0.4, -0.2) is 24.7 Å². The SMILES string of the molecule is C1=CC2C(C=C1c1cccc(-n3c4ccccc4c4cc(-c5ccc6c7ccc(-c8cccc(-n9c%10ccccc%10c%10ccccc%109)c8)cc7n(-c7cccc(-c8ccc(-c9ccccc9)cc8)c7)c6c5)ccc43)n1)c1ccccc1N2c1cccc(-c2ccc(-c3ccccc3)cc2)c1. The lowest BCUT2D eigenvalue weighted by Crippen LogP contribution is -2.29. The van der Waals surface area contributed by atoms with Crippen molar-refractivity contribution in [3.63, 3.8) is 0 Å². The van der Waals surface area contributed by atoms with Crippen LogP contribution in [0, 0.1) is 0 Å². The Morgan fingerprint density at radius 2 is 0.640 bits per heavy atom. The van der Waals surface area contributed by atoms with Crippen molar-refractivity contribution >= 4 is 82.4 Å². The highest BCUT2D eigenvalue weighted by atomic mass is 15.2. The minimum Gasteiger partial charge on any atom is -0.333 e. The average Bonchev–Trinajstić information content (AvgIpc) is 1.60. The molecule has 0 spiro atoms. The number of fused-ring (bicyclic) bond motifs is 12. The summed E-state index contributed by atoms with van der Waals surface area (Å²) in [6.45, 7) is 0. The lowest BCUT2D eigenvalue weighted by Gasteiger charge is -2.30. The molecule has 4 aromatic heterocycles. The van der Waals surface area contributed by atoms with Gasteiger partial charge in [-0.25, -0.2) is 4.98 Å². The van der Waals surface area contributed by atoms with Gasteiger partial charge in [0, 0.05) is 61.0 Å². The number of rotatable bonds is 11. The zero-order valence-electron chi connectivity index (χ0n) is 54.6. The zero-order chi connectivity index (χ0) is 65.8. The predicted molar refractivity (Wildman–Crippen MR) is 419 cm³/mol. The predicted octanol–water partition coefficient (Wildman–Crippen LogP) is 24.6. The summed E-state index contributed by atoms with van der Waals surface area (Å²) in [6.07, 6.45) is 7.13. The van der Waals surface area contributed by atoms with Crippen LogP contribution in [0.3, 0.4) is 0 Å². The van der Waals surface area contributed by atoms with Gasteiger partial charge < -0.3 is 14.0 Å². The van der Waals surface area contributed by atoms with E-state index in [1.165, 1.54) is 99.2 Å². The Bertz CT molecular complexity index is 6290. The molecule has 0 fully saturated rings. The highest BCUT2D eigenvalue weighted by Crippen LogP contribution is 2.50. The van der Waals surface area contributed by atoms with Crippen molar-refractivity contribution in [2.24, 2.45) is 0 Å². The van der Waals surface area contributed by atoms with Gasteiger partial charge in [-0.2, -0.15) is 0 Å². The van der Waals surface area contributed by atoms with Gasteiger partial charge in [0.2, 0.25) is 0 Å². The molecule has 0 saturated heterocycles. The number of benzene rings is 14. The van der Waals surface area contributed by atoms with Crippen molar-refractivity contribution in [2.45, 2.75) is 12.0 Å². The maximum Gasteiger partial charge on any atom is 0.138 e. The highest BCUT2D eigenvalue weighted by Gasteiger charge is 2.38. The van der Waals surface area contributed by atoms with E-state index >= 15 is 0 Å². The second kappa shape index (κ2) is 23.3. The van der Waals surface area contributed by atoms with Gasteiger partial charge in [0.15, 0.2) is 0 Å². The van der Waals surface area contributed by atoms with Gasteiger partial charge in [-0.15, -0.1) is 0 Å². The van der Waals surface area contributed by atoms with E-state index in [0.29, 0.717) is 0 Å². The van der Waals surface area contributed by atoms with Crippen LogP contribution in [0.1, 0.15) is 17.2 Å². The first-order valence-corrected chi connectivity index (χ1v) is 34.6. The van der Waals surface area contributed by atoms with Gasteiger partial charge in [-0.1, -0.05) is 273 Å². The van der Waals surface area contributed by atoms with E-state index in [9.17, 15) is 0 Å². The van der Waals surface area contributed by atoms with Crippen molar-refractivity contribution in [3.8, 4) is 84.0 Å². The van der Waals surface area contributed by atoms with Crippen LogP contribution in [0.4, 0.5) is 11.4 Å². The summed E-state index contributed by atoms with van der Waals surface area (Å²) >= 11 is 0. The first kappa shape index (κ1) is 57.2. The number of aromatic nitrogens is 4. The van der Waals surface area contributed by atoms with Gasteiger partial charge in [0.25, 0.3) is 0 Å². The maximum atomic E-state index is 5.56. The summed E-state index contributed by atoms with van der Waals surface area (Å²) < 4.78 is 7.25. The smallest absolute Gasteiger partial charge is 0.138 e. The lowest BCUT2D eigenvalue weighted by molar-refractivity contribution is 0.746. The Kier molecular flexibility index (Phi) is 13.3. The minimum atomic E-state index is 0.108. The summed E-state index contributed by atoms with van der Waals surface area (Å²) in [5.74, 6) is 1.02. The van der Waals surface area contributed by atoms with Gasteiger partial charge >= 0.3 is 0 Å². The van der Waals surface area contributed by atoms with Gasteiger partial charge in [-0.3, -0.25) is 4.57 Å². The quantitative estimate of drug-likeness (QED) is 0.129. The zero-order valence-corrected chi connectivity index (χ0v) is 54.6. The molecule has 5 nitrogen and oxygen atoms in total. The standard InChI is InChI=1S/C95H63N5/c1-3-19-62(20-4-1)64-39-43-66(44-40-64)68-23-15-26-75(55-68)98-89-36-13-9-31-80(89)85-59-74(50-54-91(85)98)86-33-18-38-95(96-86)100-90-37-14-10-32-81(90)84-58-71(49-53-92(84)100)73-48-52-83-82-51-47-72(70-25-17-27-76(57-70)97-87-34-11-7-29-78(87)79-30-8-12-35-88(79)97)60-93(82)99(94(83)61-73)77-28-16-24-69(56-77)67-45-41-65(42-46-67)63-21-5-2-6-22-63/h1-61,85,91H. The molecule has 2 unspecified atom stereocenters. The second-order valence-corrected chi connectivity index (χ2v) is 26.6. The van der Waals surface area contributed by atoms with Crippen molar-refractivity contribution in [3.05, 3.63) is 381 Å². The van der Waals surface area contributed by atoms with E-state index in [-0.39, 0.29) is 12.0 Å². The van der Waals surface area contributed by atoms with Gasteiger partial charge in [-0.05, 0) is 175 Å². The summed E-state index contributed by atoms with van der Waals surface area (Å²) in [5.41, 5.74) is 29.1. The number of hydrogen-bond acceptors (Lipinski definition) is 2. The van der Waals surface area contributed by atoms with Crippen LogP contribution < -0.4 is 4.90 Å². The molecule has 1 aliphatic heterocycles. The molecule has 1 aliphatic carbocycles. The van der Waals surface area contributed by atoms with Gasteiger partial charge in [0.05, 0.1) is 44.8 Å². The third-order valence-electron chi connectivity index (χ3n) is 21.0. The molecule has 14 aromatic carbocycles. The molecular weight excluding hydrogens is 1210 g/mol. The van der Waals surface area contributed by atoms with Gasteiger partial charge in [0.1, 0.15) is 5.82 Å². The van der Waals surface area contributed by atoms with E-state index in [2.05, 4.69) is 389 Å². The third-order valence-corrected chi connectivity index (χ3v) is 21.0. The maximum absolute atomic E-state index is 5.56. The molecule has 0 amide bonds. The number of nitrogens with zero attached hydrogens (tertiary/aromatic N) is 5. The molecule has 0 radical (unpaired) electrons. The largest absolute Gasteiger partial charge is 0.333 e. The molecular formula is C95H63N5. The summed E-state index contributed by atoms with van der Waals surface area (Å²) in [4.78, 5) is 8.09. The fourth-order valence-electron chi connectivity index (χ4n) is 16.2. The van der Waals surface area contributed by atoms with Crippen LogP contribution in [0.5, 0.6) is 0 Å². The van der Waals surface area contributed by atoms with Crippen LogP contribution in [0.15, 0.2) is 370 Å². The Hall–Kier alpha value is -13.1. The number of allylic oxidation sites excluding steroid dienone is 2. The number of hydrogen-bond donors (Lipinski definition) is 0. The van der Waals surface area contributed by atoms with E-state index in [0.717, 1.165) is 78.3 Å². The normalized spacial score (nSPS) is 14.2. The lowest BCUT2D eigenvalue weighted by atomic mass is 9.87. The Morgan fingerprint density at radius 1 is 0.250 bits per heavy atom. The molecule has 2 atom stereocenters. The first-order valence-electron chi connectivity index (χ1n) is 34.6. The Balaban J connectivity index is 0.661. The van der Waals surface area contributed by atoms with Crippen molar-refractivity contribution in [2.75, 3.05) is 4.90 Å². The molecule has 0 bridgehead atoms. The Labute approximate surface area is 579 Å². The third kappa shape index (κ3) is 9.50. The molecule has 100 heavy (non-hydrogen) atoms. The summed E-state index contributed by atoms with van der Waals surface area (Å²) in [6, 6.07) is 129. The summed E-state index contributed by atoms with van der Waals surface area (Å²) in [7, 11) is 0. The monoisotopic (exact) mass is 1270 g/mol. The second-order valence-electron chi connectivity index (χ2n) is 26.6. The molecule has 468 valence electrons. The number of para-hydroxylation sites is 4. The fraction of sp³-hybridized carbons (Fsp3) is 0.0211. The average molecular weight is 1270 g/mol. The molecule has 5 heterocycles. The first-order chi connectivity index (χ1) is 49.6. The highest BCUT2D eigenvalue weighted by molar-refractivity contribution is 6.14. The van der Waals surface area contributed by atoms with Crippen LogP contribution in [-0.2, 0) is 0 Å². The van der Waals surface area contributed by atoms with E-state index < -0.39 is 0 Å². The van der Waals surface area contributed by atoms with Crippen molar-refractivity contribution in [1.82, 2.24) is 18.7 Å². The number of anilines is 2. The van der Waals surface area contributed by atoms with Crippen LogP contribution in [0.2, 0.25) is 0 Å². The Morgan fingerprint density at radius 3 is 1.23 bits per heavy atom. The summed E-state index contributed by atoms with van der Waals surface area (Å²) in [5, 5.41) is 7.26. The molecule has 20 rings (SSSR count). The van der Waals surface area contributed by atoms with E-state index in [4.69, 9.17) is 4.98 Å². The van der Waals surface area contributed by atoms with Crippen molar-refractivity contribution in [1.29, 1.82) is 0 Å². The van der Waals surface area contributed by atoms with E-state index in [1.807, 2.05) is 0 Å². The van der Waals surface area contributed by atoms with Crippen molar-refractivity contribution < 1.29 is 0 Å². The molecule has 2 aliphatic rings. The van der Waals surface area contributed by atoms with E-state index in [1.54, 1.807) is 0 Å². The molecule has 0 N–H and O–H groups in total. The molecule has 18 aromatic rings. The minimum absolute atomic E-state index is 0.108. The molecule has 0 saturated carbocycles. The van der Waals surface area contributed by atoms with Crippen LogP contribution >= 0.6 is 0 Å². The molecule has 5 heteroatoms. The topological polar surface area (TPSA) is 30.9 Å². The van der Waals surface area contributed by atoms with Crippen LogP contribution in [0.25, 0.3) is 155 Å². The fourth-order valence-corrected chi connectivity index (χ4v) is 16.2.